The highest BCUT2D eigenvalue weighted by molar-refractivity contribution is 5.90. The van der Waals surface area contributed by atoms with Gasteiger partial charge in [0.25, 0.3) is 0 Å². The van der Waals surface area contributed by atoms with Gasteiger partial charge in [-0.15, -0.1) is 0 Å². The van der Waals surface area contributed by atoms with Crippen molar-refractivity contribution in [3.8, 4) is 0 Å². The van der Waals surface area contributed by atoms with Gasteiger partial charge in [0.05, 0.1) is 12.6 Å². The fraction of sp³-hybridized carbons (Fsp3) is 0.840. The zero-order valence-electron chi connectivity index (χ0n) is 23.1. The molecule has 1 saturated heterocycles. The second-order valence-electron chi connectivity index (χ2n) is 11.4. The van der Waals surface area contributed by atoms with E-state index in [1.165, 1.54) is 11.9 Å². The number of piperidine rings is 1. The van der Waals surface area contributed by atoms with Gasteiger partial charge in [-0.05, 0) is 44.8 Å². The van der Waals surface area contributed by atoms with Crippen molar-refractivity contribution in [2.75, 3.05) is 54.4 Å². The first-order valence-corrected chi connectivity index (χ1v) is 12.5. The molecule has 2 unspecified atom stereocenters. The first-order valence-electron chi connectivity index (χ1n) is 12.5. The molecule has 1 fully saturated rings. The number of aliphatic carboxylic acids is 1. The summed E-state index contributed by atoms with van der Waals surface area (Å²) in [6, 6.07) is -1.12. The molecule has 10 heteroatoms. The molecular formula is C25H47N5O5. The molecule has 1 rings (SSSR count). The number of hydrogen-bond donors (Lipinski definition) is 2. The van der Waals surface area contributed by atoms with Gasteiger partial charge in [0.2, 0.25) is 17.7 Å². The maximum Gasteiger partial charge on any atom is 0.323 e. The Kier molecular flexibility index (Phi) is 11.6. The molecule has 1 aliphatic heterocycles. The van der Waals surface area contributed by atoms with Crippen molar-refractivity contribution in [2.45, 2.75) is 72.0 Å². The largest absolute Gasteiger partial charge is 0.480 e. The predicted molar refractivity (Wildman–Crippen MR) is 136 cm³/mol. The molecule has 0 aliphatic carbocycles. The molecule has 0 bridgehead atoms. The van der Waals surface area contributed by atoms with E-state index in [4.69, 9.17) is 5.11 Å². The van der Waals surface area contributed by atoms with Gasteiger partial charge in [-0.25, -0.2) is 0 Å². The van der Waals surface area contributed by atoms with Crippen LogP contribution in [0.2, 0.25) is 0 Å². The van der Waals surface area contributed by atoms with Crippen LogP contribution in [0.4, 0.5) is 0 Å². The van der Waals surface area contributed by atoms with Gasteiger partial charge >= 0.3 is 5.97 Å². The van der Waals surface area contributed by atoms with E-state index in [-0.39, 0.29) is 48.8 Å². The second kappa shape index (κ2) is 13.2. The second-order valence-corrected chi connectivity index (χ2v) is 11.4. The van der Waals surface area contributed by atoms with Crippen LogP contribution >= 0.6 is 0 Å². The van der Waals surface area contributed by atoms with Gasteiger partial charge in [0.1, 0.15) is 12.6 Å². The van der Waals surface area contributed by atoms with Crippen molar-refractivity contribution >= 4 is 23.7 Å². The summed E-state index contributed by atoms with van der Waals surface area (Å²) in [5.41, 5.74) is -0.489. The molecular weight excluding hydrogens is 450 g/mol. The predicted octanol–water partition coefficient (Wildman–Crippen LogP) is 0.959. The Morgan fingerprint density at radius 3 is 2.14 bits per heavy atom. The summed E-state index contributed by atoms with van der Waals surface area (Å²) in [6.45, 7) is 10.9. The van der Waals surface area contributed by atoms with Crippen LogP contribution in [0.3, 0.4) is 0 Å². The average molecular weight is 498 g/mol. The summed E-state index contributed by atoms with van der Waals surface area (Å²) >= 11 is 0. The molecule has 0 spiro atoms. The number of likely N-dealkylation sites (tertiary alicyclic amines) is 1. The first kappa shape index (κ1) is 30.8. The molecule has 3 atom stereocenters. The molecule has 0 aromatic rings. The highest BCUT2D eigenvalue weighted by atomic mass is 16.4. The van der Waals surface area contributed by atoms with E-state index in [2.05, 4.69) is 10.2 Å². The summed E-state index contributed by atoms with van der Waals surface area (Å²) in [5, 5.41) is 12.0. The Bertz CT molecular complexity index is 751. The van der Waals surface area contributed by atoms with E-state index in [1.54, 1.807) is 23.9 Å². The Hall–Kier alpha value is -2.20. The van der Waals surface area contributed by atoms with Gasteiger partial charge in [0, 0.05) is 26.7 Å². The van der Waals surface area contributed by atoms with Crippen molar-refractivity contribution in [2.24, 2.45) is 11.3 Å². The number of carbonyl (C=O) groups is 4. The van der Waals surface area contributed by atoms with E-state index < -0.39 is 17.4 Å². The average Bonchev–Trinajstić information content (AvgIpc) is 2.73. The molecule has 0 radical (unpaired) electrons. The number of carbonyl (C=O) groups excluding carboxylic acids is 3. The molecule has 3 amide bonds. The van der Waals surface area contributed by atoms with Crippen LogP contribution in [0.5, 0.6) is 0 Å². The molecule has 10 nitrogen and oxygen atoms in total. The van der Waals surface area contributed by atoms with Crippen molar-refractivity contribution < 1.29 is 24.3 Å². The zero-order valence-corrected chi connectivity index (χ0v) is 23.1. The summed E-state index contributed by atoms with van der Waals surface area (Å²) < 4.78 is 0. The molecule has 2 N–H and O–H groups in total. The van der Waals surface area contributed by atoms with Crippen molar-refractivity contribution in [3.63, 3.8) is 0 Å². The highest BCUT2D eigenvalue weighted by Gasteiger charge is 2.39. The molecule has 35 heavy (non-hydrogen) atoms. The van der Waals surface area contributed by atoms with Crippen LogP contribution in [0, 0.1) is 11.3 Å². The fourth-order valence-corrected chi connectivity index (χ4v) is 4.47. The minimum atomic E-state index is -1.07. The van der Waals surface area contributed by atoms with E-state index in [0.29, 0.717) is 6.54 Å². The van der Waals surface area contributed by atoms with Gasteiger partial charge in [-0.1, -0.05) is 41.0 Å². The lowest BCUT2D eigenvalue weighted by atomic mass is 9.84. The SMILES string of the molecule is CC(C)C(CN(C)CC(=O)N(C)CC(=O)O)N(C)C(=O)C(NC(=O)[C@H]1CCCCN1C)C(C)(C)C. The number of hydrogen-bond acceptors (Lipinski definition) is 6. The first-order chi connectivity index (χ1) is 16.1. The smallest absolute Gasteiger partial charge is 0.323 e. The number of carboxylic acids is 1. The summed E-state index contributed by atoms with van der Waals surface area (Å²) in [7, 11) is 6.93. The fourth-order valence-electron chi connectivity index (χ4n) is 4.47. The lowest BCUT2D eigenvalue weighted by Gasteiger charge is -2.40. The third-order valence-corrected chi connectivity index (χ3v) is 6.79. The van der Waals surface area contributed by atoms with Gasteiger partial charge in [-0.3, -0.25) is 29.0 Å². The van der Waals surface area contributed by atoms with Gasteiger partial charge in [0.15, 0.2) is 0 Å². The zero-order chi connectivity index (χ0) is 27.1. The molecule has 1 heterocycles. The van der Waals surface area contributed by atoms with Crippen molar-refractivity contribution in [3.05, 3.63) is 0 Å². The standard InChI is InChI=1S/C25H47N5O5/c1-17(2)19(14-27(6)15-20(31)29(8)16-21(32)33)30(9)24(35)22(25(3,4)5)26-23(34)18-12-10-11-13-28(18)7/h17-19,22H,10-16H2,1-9H3,(H,26,34)(H,32,33)/t18-,19?,22?/m1/s1. The number of amides is 3. The monoisotopic (exact) mass is 497 g/mol. The minimum absolute atomic E-state index is 0.0441. The van der Waals surface area contributed by atoms with E-state index in [9.17, 15) is 19.2 Å². The molecule has 0 saturated carbocycles. The van der Waals surface area contributed by atoms with Crippen molar-refractivity contribution in [1.82, 2.24) is 24.9 Å². The third-order valence-electron chi connectivity index (χ3n) is 6.79. The Balaban J connectivity index is 2.95. The molecule has 202 valence electrons. The van der Waals surface area contributed by atoms with E-state index in [1.807, 2.05) is 41.7 Å². The summed E-state index contributed by atoms with van der Waals surface area (Å²) in [5.74, 6) is -1.55. The maximum absolute atomic E-state index is 13.7. The van der Waals surface area contributed by atoms with Crippen LogP contribution in [0.15, 0.2) is 0 Å². The lowest BCUT2D eigenvalue weighted by Crippen LogP contribution is -2.60. The Morgan fingerprint density at radius 2 is 1.66 bits per heavy atom. The van der Waals surface area contributed by atoms with Crippen LogP contribution in [-0.2, 0) is 19.2 Å². The lowest BCUT2D eigenvalue weighted by molar-refractivity contribution is -0.144. The maximum atomic E-state index is 13.7. The topological polar surface area (TPSA) is 113 Å². The van der Waals surface area contributed by atoms with Crippen LogP contribution < -0.4 is 5.32 Å². The molecule has 1 aliphatic rings. The normalized spacial score (nSPS) is 18.8. The van der Waals surface area contributed by atoms with E-state index >= 15 is 0 Å². The highest BCUT2D eigenvalue weighted by Crippen LogP contribution is 2.24. The minimum Gasteiger partial charge on any atom is -0.480 e. The molecule has 0 aromatic heterocycles. The number of carboxylic acid groups (broad SMARTS) is 1. The van der Waals surface area contributed by atoms with Crippen LogP contribution in [-0.4, -0.2) is 121 Å². The summed E-state index contributed by atoms with van der Waals surface area (Å²) in [6.07, 6.45) is 2.86. The van der Waals surface area contributed by atoms with E-state index in [0.717, 1.165) is 25.8 Å². The number of nitrogens with one attached hydrogen (secondary N) is 1. The van der Waals surface area contributed by atoms with Crippen LogP contribution in [0.25, 0.3) is 0 Å². The quantitative estimate of drug-likeness (QED) is 0.437. The third kappa shape index (κ3) is 9.40. The number of nitrogens with zero attached hydrogens (tertiary/aromatic N) is 4. The Labute approximate surface area is 211 Å². The Morgan fingerprint density at radius 1 is 1.06 bits per heavy atom. The van der Waals surface area contributed by atoms with Crippen LogP contribution in [0.1, 0.15) is 53.9 Å². The molecule has 0 aromatic carbocycles. The van der Waals surface area contributed by atoms with Gasteiger partial charge < -0.3 is 20.2 Å². The van der Waals surface area contributed by atoms with Crippen molar-refractivity contribution in [1.29, 1.82) is 0 Å². The number of rotatable bonds is 11. The van der Waals surface area contributed by atoms with Gasteiger partial charge in [-0.2, -0.15) is 0 Å². The summed E-state index contributed by atoms with van der Waals surface area (Å²) in [4.78, 5) is 56.8. The number of likely N-dealkylation sites (N-methyl/N-ethyl adjacent to an activating group) is 4.